The molecule has 1 aliphatic heterocycles. The summed E-state index contributed by atoms with van der Waals surface area (Å²) in [6.45, 7) is 2.78. The Morgan fingerprint density at radius 2 is 1.80 bits per heavy atom. The van der Waals surface area contributed by atoms with Crippen LogP contribution in [0.2, 0.25) is 0 Å². The van der Waals surface area contributed by atoms with Crippen molar-refractivity contribution in [3.05, 3.63) is 23.8 Å². The molecule has 1 fully saturated rings. The molecule has 5 heteroatoms. The fraction of sp³-hybridized carbons (Fsp3) is 0.600. The summed E-state index contributed by atoms with van der Waals surface area (Å²) in [6, 6.07) is 6.56. The Hall–Kier alpha value is -0.970. The molecule has 0 bridgehead atoms. The molecule has 2 rings (SSSR count). The van der Waals surface area contributed by atoms with Crippen LogP contribution in [0.1, 0.15) is 24.8 Å². The molecule has 4 nitrogen and oxygen atoms in total. The van der Waals surface area contributed by atoms with Crippen molar-refractivity contribution in [2.24, 2.45) is 5.73 Å². The van der Waals surface area contributed by atoms with Gasteiger partial charge in [0.25, 0.3) is 0 Å². The maximum atomic E-state index is 5.87. The van der Waals surface area contributed by atoms with E-state index in [1.807, 2.05) is 6.07 Å². The third-order valence-electron chi connectivity index (χ3n) is 3.82. The molecule has 0 radical (unpaired) electrons. The van der Waals surface area contributed by atoms with Crippen molar-refractivity contribution in [1.82, 2.24) is 4.90 Å². The minimum atomic E-state index is 0. The highest BCUT2D eigenvalue weighted by molar-refractivity contribution is 5.85. The number of hydrogen-bond donors (Lipinski definition) is 1. The van der Waals surface area contributed by atoms with Crippen molar-refractivity contribution in [3.8, 4) is 11.5 Å². The summed E-state index contributed by atoms with van der Waals surface area (Å²) in [7, 11) is 3.37. The van der Waals surface area contributed by atoms with E-state index >= 15 is 0 Å². The van der Waals surface area contributed by atoms with E-state index in [0.717, 1.165) is 31.1 Å². The fourth-order valence-corrected chi connectivity index (χ4v) is 2.73. The minimum absolute atomic E-state index is 0. The Kier molecular flexibility index (Phi) is 7.13. The molecule has 2 N–H and O–H groups in total. The number of benzene rings is 1. The first-order chi connectivity index (χ1) is 9.26. The van der Waals surface area contributed by atoms with E-state index < -0.39 is 0 Å². The Bertz CT molecular complexity index is 393. The molecule has 0 amide bonds. The van der Waals surface area contributed by atoms with E-state index in [4.69, 9.17) is 15.2 Å². The van der Waals surface area contributed by atoms with Gasteiger partial charge >= 0.3 is 0 Å². The molecular formula is C15H25ClN2O2. The first-order valence-electron chi connectivity index (χ1n) is 6.93. The lowest BCUT2D eigenvalue weighted by molar-refractivity contribution is 0.144. The largest absolute Gasteiger partial charge is 0.497 e. The van der Waals surface area contributed by atoms with Crippen LogP contribution in [0.4, 0.5) is 0 Å². The van der Waals surface area contributed by atoms with Gasteiger partial charge in [0, 0.05) is 25.2 Å². The number of methoxy groups -OCH3 is 2. The standard InChI is InChI=1S/C15H24N2O2.ClH/c1-18-14-7-12(8-15(9-14)19-2)11-17-6-4-3-5-13(17)10-16;/h7-9,13H,3-6,10-11,16H2,1-2H3;1H. The molecule has 1 atom stereocenters. The fourth-order valence-electron chi connectivity index (χ4n) is 2.73. The zero-order chi connectivity index (χ0) is 13.7. The van der Waals surface area contributed by atoms with Gasteiger partial charge in [-0.1, -0.05) is 6.42 Å². The molecule has 1 aromatic rings. The average Bonchev–Trinajstić information content (AvgIpc) is 2.47. The van der Waals surface area contributed by atoms with Crippen molar-refractivity contribution in [2.75, 3.05) is 27.3 Å². The van der Waals surface area contributed by atoms with E-state index in [2.05, 4.69) is 17.0 Å². The molecule has 1 aliphatic rings. The molecule has 0 aromatic heterocycles. The van der Waals surface area contributed by atoms with Crippen LogP contribution in [0.15, 0.2) is 18.2 Å². The maximum absolute atomic E-state index is 5.87. The number of piperidine rings is 1. The molecule has 1 aromatic carbocycles. The molecule has 1 saturated heterocycles. The molecule has 0 aliphatic carbocycles. The van der Waals surface area contributed by atoms with Gasteiger partial charge in [-0.25, -0.2) is 0 Å². The van der Waals surface area contributed by atoms with E-state index in [9.17, 15) is 0 Å². The number of nitrogens with zero attached hydrogens (tertiary/aromatic N) is 1. The van der Waals surface area contributed by atoms with Gasteiger partial charge in [0.05, 0.1) is 14.2 Å². The van der Waals surface area contributed by atoms with Crippen LogP contribution in [-0.4, -0.2) is 38.3 Å². The summed E-state index contributed by atoms with van der Waals surface area (Å²) in [5.74, 6) is 1.69. The third-order valence-corrected chi connectivity index (χ3v) is 3.82. The molecule has 0 spiro atoms. The molecule has 20 heavy (non-hydrogen) atoms. The number of likely N-dealkylation sites (tertiary alicyclic amines) is 1. The summed E-state index contributed by atoms with van der Waals surface area (Å²) in [6.07, 6.45) is 3.76. The number of halogens is 1. The van der Waals surface area contributed by atoms with Crippen molar-refractivity contribution in [1.29, 1.82) is 0 Å². The Balaban J connectivity index is 0.00000200. The SMILES string of the molecule is COc1cc(CN2CCCCC2CN)cc(OC)c1.Cl. The summed E-state index contributed by atoms with van der Waals surface area (Å²) in [5.41, 5.74) is 7.09. The van der Waals surface area contributed by atoms with Crippen LogP contribution < -0.4 is 15.2 Å². The van der Waals surface area contributed by atoms with Gasteiger partial charge in [-0.3, -0.25) is 4.90 Å². The average molecular weight is 301 g/mol. The summed E-state index contributed by atoms with van der Waals surface area (Å²) in [5, 5.41) is 0. The van der Waals surface area contributed by atoms with Crippen LogP contribution in [0, 0.1) is 0 Å². The van der Waals surface area contributed by atoms with Gasteiger partial charge in [0.15, 0.2) is 0 Å². The van der Waals surface area contributed by atoms with Crippen molar-refractivity contribution < 1.29 is 9.47 Å². The zero-order valence-electron chi connectivity index (χ0n) is 12.3. The van der Waals surface area contributed by atoms with Gasteiger partial charge in [-0.05, 0) is 37.1 Å². The van der Waals surface area contributed by atoms with Gasteiger partial charge in [0.2, 0.25) is 0 Å². The lowest BCUT2D eigenvalue weighted by atomic mass is 10.0. The Labute approximate surface area is 127 Å². The van der Waals surface area contributed by atoms with Crippen LogP contribution in [-0.2, 0) is 6.54 Å². The monoisotopic (exact) mass is 300 g/mol. The normalized spacial score (nSPS) is 19.2. The topological polar surface area (TPSA) is 47.7 Å². The van der Waals surface area contributed by atoms with E-state index in [-0.39, 0.29) is 12.4 Å². The molecule has 114 valence electrons. The van der Waals surface area contributed by atoms with Gasteiger partial charge < -0.3 is 15.2 Å². The van der Waals surface area contributed by atoms with Gasteiger partial charge in [-0.2, -0.15) is 0 Å². The second-order valence-electron chi connectivity index (χ2n) is 5.08. The third kappa shape index (κ3) is 4.27. The summed E-state index contributed by atoms with van der Waals surface area (Å²) >= 11 is 0. The zero-order valence-corrected chi connectivity index (χ0v) is 13.1. The van der Waals surface area contributed by atoms with E-state index in [1.165, 1.54) is 24.8 Å². The Morgan fingerprint density at radius 1 is 1.15 bits per heavy atom. The lowest BCUT2D eigenvalue weighted by Gasteiger charge is -2.35. The highest BCUT2D eigenvalue weighted by atomic mass is 35.5. The molecule has 1 unspecified atom stereocenters. The number of rotatable bonds is 5. The van der Waals surface area contributed by atoms with Gasteiger partial charge in [-0.15, -0.1) is 12.4 Å². The quantitative estimate of drug-likeness (QED) is 0.907. The smallest absolute Gasteiger partial charge is 0.122 e. The molecule has 0 saturated carbocycles. The highest BCUT2D eigenvalue weighted by Gasteiger charge is 2.21. The maximum Gasteiger partial charge on any atom is 0.122 e. The molecule has 1 heterocycles. The predicted octanol–water partition coefficient (Wildman–Crippen LogP) is 2.44. The number of nitrogens with two attached hydrogens (primary N) is 1. The number of hydrogen-bond acceptors (Lipinski definition) is 4. The van der Waals surface area contributed by atoms with E-state index in [0.29, 0.717) is 6.04 Å². The van der Waals surface area contributed by atoms with Crippen LogP contribution >= 0.6 is 12.4 Å². The summed E-state index contributed by atoms with van der Waals surface area (Å²) in [4.78, 5) is 2.47. The molecular weight excluding hydrogens is 276 g/mol. The van der Waals surface area contributed by atoms with Crippen LogP contribution in [0.5, 0.6) is 11.5 Å². The van der Waals surface area contributed by atoms with E-state index in [1.54, 1.807) is 14.2 Å². The van der Waals surface area contributed by atoms with Crippen LogP contribution in [0.3, 0.4) is 0 Å². The van der Waals surface area contributed by atoms with Gasteiger partial charge in [0.1, 0.15) is 11.5 Å². The first-order valence-corrected chi connectivity index (χ1v) is 6.93. The Morgan fingerprint density at radius 3 is 2.35 bits per heavy atom. The minimum Gasteiger partial charge on any atom is -0.497 e. The second-order valence-corrected chi connectivity index (χ2v) is 5.08. The predicted molar refractivity (Wildman–Crippen MR) is 83.9 cm³/mol. The highest BCUT2D eigenvalue weighted by Crippen LogP contribution is 2.25. The van der Waals surface area contributed by atoms with Crippen molar-refractivity contribution in [3.63, 3.8) is 0 Å². The van der Waals surface area contributed by atoms with Crippen LogP contribution in [0.25, 0.3) is 0 Å². The lowest BCUT2D eigenvalue weighted by Crippen LogP contribution is -2.43. The first kappa shape index (κ1) is 17.1. The second kappa shape index (κ2) is 8.35. The van der Waals surface area contributed by atoms with Crippen molar-refractivity contribution in [2.45, 2.75) is 31.8 Å². The number of ether oxygens (including phenoxy) is 2. The van der Waals surface area contributed by atoms with Crippen molar-refractivity contribution >= 4 is 12.4 Å². The summed E-state index contributed by atoms with van der Waals surface area (Å²) < 4.78 is 10.6.